The highest BCUT2D eigenvalue weighted by atomic mass is 19.1. The summed E-state index contributed by atoms with van der Waals surface area (Å²) in [7, 11) is 1.62. The van der Waals surface area contributed by atoms with Crippen LogP contribution in [0.1, 0.15) is 50.5 Å². The third kappa shape index (κ3) is 6.03. The number of hydrogen-bond acceptors (Lipinski definition) is 5. The van der Waals surface area contributed by atoms with Gasteiger partial charge in [-0.2, -0.15) is 0 Å². The second kappa shape index (κ2) is 12.0. The number of nitrogens with zero attached hydrogens (tertiary/aromatic N) is 1. The summed E-state index contributed by atoms with van der Waals surface area (Å²) >= 11 is 0. The highest BCUT2D eigenvalue weighted by Crippen LogP contribution is 2.45. The van der Waals surface area contributed by atoms with Crippen LogP contribution in [0.4, 0.5) is 8.78 Å². The first-order valence-corrected chi connectivity index (χ1v) is 13.2. The Labute approximate surface area is 217 Å². The number of piperidine rings is 1. The van der Waals surface area contributed by atoms with Crippen LogP contribution >= 0.6 is 0 Å². The van der Waals surface area contributed by atoms with Crippen molar-refractivity contribution in [1.82, 2.24) is 4.90 Å². The molecule has 4 N–H and O–H groups in total. The van der Waals surface area contributed by atoms with Gasteiger partial charge in [-0.05, 0) is 74.3 Å². The molecule has 1 amide bonds. The van der Waals surface area contributed by atoms with E-state index in [9.17, 15) is 19.4 Å². The van der Waals surface area contributed by atoms with Gasteiger partial charge in [-0.3, -0.25) is 4.79 Å². The van der Waals surface area contributed by atoms with E-state index in [2.05, 4.69) is 0 Å². The molecule has 37 heavy (non-hydrogen) atoms. The zero-order valence-corrected chi connectivity index (χ0v) is 21.4. The summed E-state index contributed by atoms with van der Waals surface area (Å²) in [5.74, 6) is -1.75. The minimum atomic E-state index is -1.44. The van der Waals surface area contributed by atoms with E-state index in [1.165, 1.54) is 24.3 Å². The first-order valence-electron chi connectivity index (χ1n) is 13.2. The molecule has 0 spiro atoms. The Hall–Kier alpha value is -2.39. The lowest BCUT2D eigenvalue weighted by atomic mass is 9.72. The van der Waals surface area contributed by atoms with Gasteiger partial charge in [0.05, 0.1) is 11.7 Å². The lowest BCUT2D eigenvalue weighted by Crippen LogP contribution is -2.49. The van der Waals surface area contributed by atoms with E-state index < -0.39 is 29.4 Å². The molecule has 2 aromatic rings. The topological polar surface area (TPSA) is 96.0 Å². The molecule has 2 fully saturated rings. The van der Waals surface area contributed by atoms with E-state index in [1.807, 2.05) is 0 Å². The number of halogens is 2. The van der Waals surface area contributed by atoms with Crippen molar-refractivity contribution >= 4 is 5.91 Å². The van der Waals surface area contributed by atoms with Crippen LogP contribution in [0.2, 0.25) is 0 Å². The smallest absolute Gasteiger partial charge is 0.225 e. The van der Waals surface area contributed by atoms with Gasteiger partial charge in [-0.1, -0.05) is 24.3 Å². The van der Waals surface area contributed by atoms with E-state index >= 15 is 4.39 Å². The monoisotopic (exact) mass is 516 g/mol. The molecule has 4 rings (SSSR count). The zero-order chi connectivity index (χ0) is 26.6. The number of aliphatic hydroxyl groups excluding tert-OH is 1. The van der Waals surface area contributed by atoms with E-state index in [0.29, 0.717) is 69.3 Å². The summed E-state index contributed by atoms with van der Waals surface area (Å²) in [6.07, 6.45) is 3.16. The van der Waals surface area contributed by atoms with E-state index in [4.69, 9.17) is 10.5 Å². The van der Waals surface area contributed by atoms with Gasteiger partial charge in [-0.25, -0.2) is 8.78 Å². The SMILES string of the molecule is COCCCCC(O)(c1cccc(F)c1-c1cccc(F)c1)C1CCCN(C(=O)C2CC(N)C(O)C2)C1. The number of ether oxygens (including phenoxy) is 1. The van der Waals surface area contributed by atoms with Gasteiger partial charge < -0.3 is 25.6 Å². The minimum absolute atomic E-state index is 0.0528. The van der Waals surface area contributed by atoms with Gasteiger partial charge in [0.25, 0.3) is 0 Å². The molecule has 0 bridgehead atoms. The highest BCUT2D eigenvalue weighted by molar-refractivity contribution is 5.79. The molecule has 5 atom stereocenters. The van der Waals surface area contributed by atoms with Crippen LogP contribution in [0.15, 0.2) is 42.5 Å². The molecule has 6 nitrogen and oxygen atoms in total. The summed E-state index contributed by atoms with van der Waals surface area (Å²) in [6.45, 7) is 1.42. The Morgan fingerprint density at radius 1 is 1.19 bits per heavy atom. The standard InChI is InChI=1S/C29H38F2N2O4/c1-37-14-3-2-12-29(36,23-10-5-11-24(31)27(23)19-7-4-9-22(30)15-19)21-8-6-13-33(18-21)28(35)20-16-25(32)26(34)17-20/h4-5,7,9-11,15,20-21,25-26,34,36H,2-3,6,8,12-14,16-18,32H2,1H3. The van der Waals surface area contributed by atoms with Crippen LogP contribution in [-0.4, -0.2) is 60.0 Å². The maximum Gasteiger partial charge on any atom is 0.225 e. The largest absolute Gasteiger partial charge is 0.391 e. The molecule has 8 heteroatoms. The molecule has 0 aromatic heterocycles. The molecule has 1 saturated carbocycles. The number of carbonyl (C=O) groups is 1. The summed E-state index contributed by atoms with van der Waals surface area (Å²) in [5, 5.41) is 22.5. The molecule has 1 aliphatic carbocycles. The van der Waals surface area contributed by atoms with Gasteiger partial charge in [0.2, 0.25) is 5.91 Å². The molecule has 202 valence electrons. The average molecular weight is 517 g/mol. The van der Waals surface area contributed by atoms with E-state index in [1.54, 1.807) is 30.2 Å². The highest BCUT2D eigenvalue weighted by Gasteiger charge is 2.44. The number of unbranched alkanes of at least 4 members (excludes halogenated alkanes) is 1. The lowest BCUT2D eigenvalue weighted by Gasteiger charge is -2.44. The normalized spacial score (nSPS) is 25.7. The van der Waals surface area contributed by atoms with Gasteiger partial charge in [0.15, 0.2) is 0 Å². The molecule has 1 aliphatic heterocycles. The Kier molecular flexibility index (Phi) is 8.95. The molecule has 0 radical (unpaired) electrons. The van der Waals surface area contributed by atoms with Gasteiger partial charge in [-0.15, -0.1) is 0 Å². The molecule has 1 saturated heterocycles. The summed E-state index contributed by atoms with van der Waals surface area (Å²) in [6, 6.07) is 9.94. The summed E-state index contributed by atoms with van der Waals surface area (Å²) < 4.78 is 34.7. The van der Waals surface area contributed by atoms with Crippen molar-refractivity contribution in [2.24, 2.45) is 17.6 Å². The molecular weight excluding hydrogens is 478 g/mol. The fourth-order valence-corrected chi connectivity index (χ4v) is 6.10. The van der Waals surface area contributed by atoms with Crippen LogP contribution in [0, 0.1) is 23.5 Å². The number of methoxy groups -OCH3 is 1. The minimum Gasteiger partial charge on any atom is -0.391 e. The summed E-state index contributed by atoms with van der Waals surface area (Å²) in [4.78, 5) is 15.1. The average Bonchev–Trinajstić information content (AvgIpc) is 3.23. The number of amides is 1. The number of rotatable bonds is 9. The number of benzene rings is 2. The fraction of sp³-hybridized carbons (Fsp3) is 0.552. The van der Waals surface area contributed by atoms with Crippen molar-refractivity contribution < 1.29 is 28.5 Å². The fourth-order valence-electron chi connectivity index (χ4n) is 6.10. The molecule has 5 unspecified atom stereocenters. The number of likely N-dealkylation sites (tertiary alicyclic amines) is 1. The van der Waals surface area contributed by atoms with Crippen molar-refractivity contribution in [3.05, 3.63) is 59.7 Å². The lowest BCUT2D eigenvalue weighted by molar-refractivity contribution is -0.141. The molecule has 2 aromatic carbocycles. The predicted molar refractivity (Wildman–Crippen MR) is 137 cm³/mol. The van der Waals surface area contributed by atoms with Crippen LogP contribution in [0.25, 0.3) is 11.1 Å². The van der Waals surface area contributed by atoms with Gasteiger partial charge in [0.1, 0.15) is 11.6 Å². The third-order valence-electron chi connectivity index (χ3n) is 8.08. The third-order valence-corrected chi connectivity index (χ3v) is 8.08. The van der Waals surface area contributed by atoms with Crippen LogP contribution < -0.4 is 5.73 Å². The van der Waals surface area contributed by atoms with Crippen molar-refractivity contribution in [3.8, 4) is 11.1 Å². The van der Waals surface area contributed by atoms with Crippen LogP contribution in [0.5, 0.6) is 0 Å². The molecule has 2 aliphatic rings. The van der Waals surface area contributed by atoms with E-state index in [-0.39, 0.29) is 23.3 Å². The predicted octanol–water partition coefficient (Wildman–Crippen LogP) is 3.97. The number of hydrogen-bond donors (Lipinski definition) is 3. The van der Waals surface area contributed by atoms with Crippen molar-refractivity contribution in [3.63, 3.8) is 0 Å². The first-order chi connectivity index (χ1) is 17.7. The Morgan fingerprint density at radius 2 is 1.97 bits per heavy atom. The Morgan fingerprint density at radius 3 is 2.68 bits per heavy atom. The first kappa shape index (κ1) is 27.6. The second-order valence-corrected chi connectivity index (χ2v) is 10.6. The molecule has 1 heterocycles. The quantitative estimate of drug-likeness (QED) is 0.439. The van der Waals surface area contributed by atoms with Crippen LogP contribution in [-0.2, 0) is 15.1 Å². The number of carbonyl (C=O) groups excluding carboxylic acids is 1. The number of nitrogens with two attached hydrogens (primary N) is 1. The van der Waals surface area contributed by atoms with Crippen LogP contribution in [0.3, 0.4) is 0 Å². The number of aliphatic hydroxyl groups is 2. The Balaban J connectivity index is 1.68. The van der Waals surface area contributed by atoms with E-state index in [0.717, 1.165) is 6.42 Å². The maximum absolute atomic E-state index is 15.3. The van der Waals surface area contributed by atoms with Crippen molar-refractivity contribution in [2.45, 2.75) is 62.7 Å². The maximum atomic E-state index is 15.3. The zero-order valence-electron chi connectivity index (χ0n) is 21.4. The Bertz CT molecular complexity index is 1070. The van der Waals surface area contributed by atoms with Gasteiger partial charge >= 0.3 is 0 Å². The van der Waals surface area contributed by atoms with Gasteiger partial charge in [0, 0.05) is 50.2 Å². The second-order valence-electron chi connectivity index (χ2n) is 10.6. The molecular formula is C29H38F2N2O4. The van der Waals surface area contributed by atoms with Crippen molar-refractivity contribution in [2.75, 3.05) is 26.8 Å². The summed E-state index contributed by atoms with van der Waals surface area (Å²) in [5.41, 5.74) is 5.47. The van der Waals surface area contributed by atoms with Crippen molar-refractivity contribution in [1.29, 1.82) is 0 Å².